The lowest BCUT2D eigenvalue weighted by molar-refractivity contribution is -0.121. The van der Waals surface area contributed by atoms with Crippen molar-refractivity contribution in [3.8, 4) is 0 Å². The van der Waals surface area contributed by atoms with E-state index in [1.165, 1.54) is 0 Å². The Kier molecular flexibility index (Phi) is 3.02. The van der Waals surface area contributed by atoms with Gasteiger partial charge in [0.2, 0.25) is 5.91 Å². The van der Waals surface area contributed by atoms with Gasteiger partial charge in [0.25, 0.3) is 0 Å². The van der Waals surface area contributed by atoms with Crippen molar-refractivity contribution in [1.82, 2.24) is 10.6 Å². The lowest BCUT2D eigenvalue weighted by Gasteiger charge is -2.23. The van der Waals surface area contributed by atoms with Crippen molar-refractivity contribution in [3.63, 3.8) is 0 Å². The zero-order valence-corrected chi connectivity index (χ0v) is 6.83. The van der Waals surface area contributed by atoms with Gasteiger partial charge in [-0.2, -0.15) is 11.8 Å². The molecule has 1 rings (SSSR count). The molecule has 4 heteroatoms. The van der Waals surface area contributed by atoms with Crippen LogP contribution in [0.1, 0.15) is 0 Å². The van der Waals surface area contributed by atoms with Crippen LogP contribution in [0.5, 0.6) is 0 Å². The van der Waals surface area contributed by atoms with Gasteiger partial charge in [-0.05, 0) is 6.26 Å². The van der Waals surface area contributed by atoms with Crippen LogP contribution in [0.4, 0.5) is 0 Å². The van der Waals surface area contributed by atoms with E-state index in [-0.39, 0.29) is 5.91 Å². The van der Waals surface area contributed by atoms with Crippen molar-refractivity contribution in [3.05, 3.63) is 0 Å². The second-order valence-corrected chi connectivity index (χ2v) is 3.26. The summed E-state index contributed by atoms with van der Waals surface area (Å²) in [4.78, 5) is 10.8. The fraction of sp³-hybridized carbons (Fsp3) is 0.833. The summed E-state index contributed by atoms with van der Waals surface area (Å²) >= 11 is 1.76. The van der Waals surface area contributed by atoms with Crippen LogP contribution in [0, 0.1) is 0 Å². The highest BCUT2D eigenvalue weighted by atomic mass is 32.2. The maximum Gasteiger partial charge on any atom is 0.234 e. The van der Waals surface area contributed by atoms with Crippen LogP contribution < -0.4 is 10.6 Å². The van der Waals surface area contributed by atoms with E-state index >= 15 is 0 Å². The summed E-state index contributed by atoms with van der Waals surface area (Å²) in [5, 5.41) is 5.94. The summed E-state index contributed by atoms with van der Waals surface area (Å²) in [6, 6.07) is 0.330. The Balaban J connectivity index is 2.25. The minimum absolute atomic E-state index is 0.116. The van der Waals surface area contributed by atoms with Gasteiger partial charge in [-0.3, -0.25) is 4.79 Å². The predicted molar refractivity (Wildman–Crippen MR) is 43.2 cm³/mol. The number of hydrogen-bond acceptors (Lipinski definition) is 3. The van der Waals surface area contributed by atoms with E-state index in [0.29, 0.717) is 12.6 Å². The van der Waals surface area contributed by atoms with E-state index < -0.39 is 0 Å². The van der Waals surface area contributed by atoms with Crippen LogP contribution >= 0.6 is 11.8 Å². The van der Waals surface area contributed by atoms with E-state index in [4.69, 9.17) is 0 Å². The molecule has 1 fully saturated rings. The second-order valence-electron chi connectivity index (χ2n) is 2.35. The van der Waals surface area contributed by atoms with E-state index in [9.17, 15) is 4.79 Å². The van der Waals surface area contributed by atoms with Gasteiger partial charge in [0, 0.05) is 12.3 Å². The Labute approximate surface area is 64.9 Å². The lowest BCUT2D eigenvalue weighted by Crippen LogP contribution is -2.53. The van der Waals surface area contributed by atoms with Gasteiger partial charge < -0.3 is 10.6 Å². The number of nitrogens with one attached hydrogen (secondary N) is 2. The molecule has 1 aliphatic heterocycles. The molecule has 0 spiro atoms. The molecular weight excluding hydrogens is 148 g/mol. The Bertz CT molecular complexity index is 127. The molecule has 1 aliphatic rings. The second kappa shape index (κ2) is 3.83. The van der Waals surface area contributed by atoms with Crippen molar-refractivity contribution in [2.24, 2.45) is 0 Å². The maximum atomic E-state index is 10.8. The first-order valence-electron chi connectivity index (χ1n) is 3.32. The third-order valence-electron chi connectivity index (χ3n) is 1.41. The molecule has 0 saturated carbocycles. The molecule has 0 aromatic heterocycles. The third-order valence-corrected chi connectivity index (χ3v) is 2.14. The highest BCUT2D eigenvalue weighted by Crippen LogP contribution is 1.97. The quantitative estimate of drug-likeness (QED) is 0.569. The van der Waals surface area contributed by atoms with Crippen molar-refractivity contribution >= 4 is 17.7 Å². The molecule has 0 bridgehead atoms. The molecule has 3 nitrogen and oxygen atoms in total. The van der Waals surface area contributed by atoms with Crippen LogP contribution in [-0.2, 0) is 4.79 Å². The molecule has 0 aliphatic carbocycles. The van der Waals surface area contributed by atoms with Gasteiger partial charge in [-0.25, -0.2) is 0 Å². The van der Waals surface area contributed by atoms with Crippen LogP contribution in [0.15, 0.2) is 0 Å². The molecule has 58 valence electrons. The minimum atomic E-state index is 0.116. The summed E-state index contributed by atoms with van der Waals surface area (Å²) in [6.45, 7) is 1.39. The summed E-state index contributed by atoms with van der Waals surface area (Å²) in [5.74, 6) is 1.11. The SMILES string of the molecule is CSC[C@@H]1CNCC(=O)N1. The van der Waals surface area contributed by atoms with Crippen LogP contribution in [0.2, 0.25) is 0 Å². The Hall–Kier alpha value is -0.220. The van der Waals surface area contributed by atoms with E-state index in [1.807, 2.05) is 6.26 Å². The highest BCUT2D eigenvalue weighted by Gasteiger charge is 2.15. The van der Waals surface area contributed by atoms with Crippen molar-refractivity contribution in [2.45, 2.75) is 6.04 Å². The standard InChI is InChI=1S/C6H12N2OS/c1-10-4-5-2-7-3-6(9)8-5/h5,7H,2-4H2,1H3,(H,8,9)/t5-/m0/s1. The summed E-state index contributed by atoms with van der Waals surface area (Å²) in [7, 11) is 0. The molecule has 1 atom stereocenters. The number of piperazine rings is 1. The molecular formula is C6H12N2OS. The molecule has 0 aromatic carbocycles. The Morgan fingerprint density at radius 3 is 3.20 bits per heavy atom. The van der Waals surface area contributed by atoms with Gasteiger partial charge in [-0.15, -0.1) is 0 Å². The van der Waals surface area contributed by atoms with E-state index in [1.54, 1.807) is 11.8 Å². The largest absolute Gasteiger partial charge is 0.350 e. The molecule has 2 N–H and O–H groups in total. The number of rotatable bonds is 2. The number of carbonyl (C=O) groups is 1. The topological polar surface area (TPSA) is 41.1 Å². The number of amides is 1. The average Bonchev–Trinajstić information content (AvgIpc) is 1.88. The van der Waals surface area contributed by atoms with E-state index in [0.717, 1.165) is 12.3 Å². The van der Waals surface area contributed by atoms with Gasteiger partial charge in [0.1, 0.15) is 0 Å². The summed E-state index contributed by atoms with van der Waals surface area (Å²) in [6.07, 6.45) is 2.04. The molecule has 10 heavy (non-hydrogen) atoms. The Morgan fingerprint density at radius 2 is 2.60 bits per heavy atom. The van der Waals surface area contributed by atoms with Gasteiger partial charge >= 0.3 is 0 Å². The fourth-order valence-corrected chi connectivity index (χ4v) is 1.59. The van der Waals surface area contributed by atoms with Gasteiger partial charge in [-0.1, -0.05) is 0 Å². The summed E-state index contributed by atoms with van der Waals surface area (Å²) in [5.41, 5.74) is 0. The number of hydrogen-bond donors (Lipinski definition) is 2. The third kappa shape index (κ3) is 2.19. The van der Waals surface area contributed by atoms with Gasteiger partial charge in [0.05, 0.1) is 12.6 Å². The minimum Gasteiger partial charge on any atom is -0.350 e. The normalized spacial score (nSPS) is 26.1. The summed E-state index contributed by atoms with van der Waals surface area (Å²) < 4.78 is 0. The maximum absolute atomic E-state index is 10.8. The van der Waals surface area contributed by atoms with Crippen LogP contribution in [-0.4, -0.2) is 37.0 Å². The molecule has 1 saturated heterocycles. The Morgan fingerprint density at radius 1 is 1.80 bits per heavy atom. The number of carbonyl (C=O) groups excluding carboxylic acids is 1. The molecule has 0 unspecified atom stereocenters. The van der Waals surface area contributed by atoms with Crippen LogP contribution in [0.25, 0.3) is 0 Å². The first kappa shape index (κ1) is 7.88. The average molecular weight is 160 g/mol. The molecule has 1 heterocycles. The fourth-order valence-electron chi connectivity index (χ4n) is 0.991. The van der Waals surface area contributed by atoms with Crippen LogP contribution in [0.3, 0.4) is 0 Å². The molecule has 1 amide bonds. The molecule has 0 radical (unpaired) electrons. The zero-order valence-electron chi connectivity index (χ0n) is 6.02. The van der Waals surface area contributed by atoms with Gasteiger partial charge in [0.15, 0.2) is 0 Å². The highest BCUT2D eigenvalue weighted by molar-refractivity contribution is 7.98. The van der Waals surface area contributed by atoms with Crippen molar-refractivity contribution in [2.75, 3.05) is 25.1 Å². The monoisotopic (exact) mass is 160 g/mol. The predicted octanol–water partition coefficient (Wildman–Crippen LogP) is -0.563. The number of thioether (sulfide) groups is 1. The first-order chi connectivity index (χ1) is 4.83. The lowest BCUT2D eigenvalue weighted by atomic mass is 10.3. The molecule has 0 aromatic rings. The van der Waals surface area contributed by atoms with Crippen molar-refractivity contribution < 1.29 is 4.79 Å². The van der Waals surface area contributed by atoms with E-state index in [2.05, 4.69) is 10.6 Å². The van der Waals surface area contributed by atoms with Crippen molar-refractivity contribution in [1.29, 1.82) is 0 Å². The first-order valence-corrected chi connectivity index (χ1v) is 4.71. The zero-order chi connectivity index (χ0) is 7.40. The smallest absolute Gasteiger partial charge is 0.234 e.